The Morgan fingerprint density at radius 2 is 0.545 bits per heavy atom. The lowest BCUT2D eigenvalue weighted by Gasteiger charge is -2.26. The quantitative estimate of drug-likeness (QED) is 0.0512. The largest absolute Gasteiger partial charge is 0.889 e. The van der Waals surface area contributed by atoms with Crippen molar-refractivity contribution in [2.24, 2.45) is 0 Å². The van der Waals surface area contributed by atoms with E-state index >= 15 is 0 Å². The average Bonchev–Trinajstić information content (AvgIpc) is 3.20. The van der Waals surface area contributed by atoms with Gasteiger partial charge in [0.05, 0.1) is 13.1 Å². The van der Waals surface area contributed by atoms with Gasteiger partial charge in [-0.1, -0.05) is 264 Å². The maximum atomic E-state index is 10.6. The highest BCUT2D eigenvalue weighted by atomic mass is 16.4. The lowest BCUT2D eigenvalue weighted by atomic mass is 9.80. The summed E-state index contributed by atoms with van der Waals surface area (Å²) in [5.74, 6) is 0. The van der Waals surface area contributed by atoms with E-state index in [1.165, 1.54) is 250 Å². The summed E-state index contributed by atoms with van der Waals surface area (Å²) in [6.07, 6.45) is 55.2. The van der Waals surface area contributed by atoms with Gasteiger partial charge in [-0.3, -0.25) is 0 Å². The summed E-state index contributed by atoms with van der Waals surface area (Å²) in [6.45, 7) is 9.06. The molecule has 0 aromatic heterocycles. The Morgan fingerprint density at radius 3 is 0.764 bits per heavy atom. The van der Waals surface area contributed by atoms with Crippen molar-refractivity contribution in [3.63, 3.8) is 0 Å². The van der Waals surface area contributed by atoms with Crippen molar-refractivity contribution >= 4 is 12.6 Å². The molecule has 0 saturated heterocycles. The molecule has 0 amide bonds. The van der Waals surface area contributed by atoms with Gasteiger partial charge in [0.25, 0.3) is 0 Å². The van der Waals surface area contributed by atoms with Crippen molar-refractivity contribution in [2.75, 3.05) is 13.1 Å². The number of benzene rings is 1. The number of aryl methyl sites for hydroxylation is 1. The molecule has 0 aliphatic heterocycles. The molecule has 326 valence electrons. The van der Waals surface area contributed by atoms with Gasteiger partial charge in [0.2, 0.25) is 0 Å². The first kappa shape index (κ1) is 56.2. The van der Waals surface area contributed by atoms with Gasteiger partial charge in [0.15, 0.2) is 0 Å². The van der Waals surface area contributed by atoms with Crippen LogP contribution in [0.5, 0.6) is 0 Å². The highest BCUT2D eigenvalue weighted by Gasteiger charge is 1.97. The standard InChI is InChI=1S/2C18H39N.C14H21BO2/c2*1-2-3-4-5-6-7-8-9-10-11-12-13-14-15-16-17-18-19;1-2-3-4-5-6-7-8-13-9-11-14(12-10-13)15(16)17/h2*2-19H2,1H3;9-12H,2-8H2,1H3/q;;-2/p+2. The first-order valence-corrected chi connectivity index (χ1v) is 25.1. The van der Waals surface area contributed by atoms with Gasteiger partial charge >= 0.3 is 0 Å². The van der Waals surface area contributed by atoms with E-state index in [2.05, 4.69) is 32.2 Å². The van der Waals surface area contributed by atoms with E-state index in [0.29, 0.717) is 5.46 Å². The molecule has 0 aliphatic carbocycles. The van der Waals surface area contributed by atoms with Gasteiger partial charge in [-0.25, -0.2) is 0 Å². The number of hydrogen-bond acceptors (Lipinski definition) is 2. The van der Waals surface area contributed by atoms with Gasteiger partial charge in [-0.05, 0) is 44.1 Å². The number of quaternary nitrogens is 2. The molecule has 4 nitrogen and oxygen atoms in total. The summed E-state index contributed by atoms with van der Waals surface area (Å²) in [7, 11) is -1.85. The third kappa shape index (κ3) is 49.2. The number of hydrogen-bond donors (Lipinski definition) is 2. The van der Waals surface area contributed by atoms with Gasteiger partial charge < -0.3 is 21.5 Å². The lowest BCUT2D eigenvalue weighted by molar-refractivity contribution is -0.368. The molecule has 0 radical (unpaired) electrons. The van der Waals surface area contributed by atoms with E-state index in [-0.39, 0.29) is 0 Å². The fraction of sp³-hybridized carbons (Fsp3) is 0.880. The molecule has 1 rings (SSSR count). The van der Waals surface area contributed by atoms with Gasteiger partial charge in [-0.2, -0.15) is 0 Å². The second kappa shape index (κ2) is 51.1. The Morgan fingerprint density at radius 1 is 0.327 bits per heavy atom. The molecule has 0 fully saturated rings. The van der Waals surface area contributed by atoms with Crippen LogP contribution in [-0.4, -0.2) is 20.2 Å². The molecule has 0 heterocycles. The minimum Gasteiger partial charge on any atom is -0.889 e. The van der Waals surface area contributed by atoms with Gasteiger partial charge in [0, 0.05) is 0 Å². The van der Waals surface area contributed by atoms with Crippen LogP contribution in [0.15, 0.2) is 24.3 Å². The van der Waals surface area contributed by atoms with Gasteiger partial charge in [0.1, 0.15) is 0 Å². The van der Waals surface area contributed by atoms with Crippen LogP contribution < -0.4 is 27.0 Å². The van der Waals surface area contributed by atoms with Crippen LogP contribution in [0.2, 0.25) is 0 Å². The Labute approximate surface area is 347 Å². The SMILES string of the molecule is CCCCCCCCCCCCCCCCCC[NH3+].CCCCCCCCCCCCCCCCCC[NH3+].CCCCCCCCc1ccc(B([O-])[O-])cc1. The fourth-order valence-corrected chi connectivity index (χ4v) is 7.40. The van der Waals surface area contributed by atoms with Gasteiger partial charge in [-0.15, -0.1) is 5.46 Å². The monoisotopic (exact) mass is 773 g/mol. The predicted molar refractivity (Wildman–Crippen MR) is 244 cm³/mol. The van der Waals surface area contributed by atoms with E-state index in [1.807, 2.05) is 12.1 Å². The highest BCUT2D eigenvalue weighted by molar-refractivity contribution is 6.55. The molecule has 6 N–H and O–H groups in total. The van der Waals surface area contributed by atoms with Crippen LogP contribution in [-0.2, 0) is 6.42 Å². The zero-order chi connectivity index (χ0) is 40.6. The van der Waals surface area contributed by atoms with Crippen LogP contribution in [0.25, 0.3) is 0 Å². The highest BCUT2D eigenvalue weighted by Crippen LogP contribution is 2.15. The summed E-state index contributed by atoms with van der Waals surface area (Å²) < 4.78 is 0. The summed E-state index contributed by atoms with van der Waals surface area (Å²) in [6, 6.07) is 7.14. The van der Waals surface area contributed by atoms with Crippen molar-refractivity contribution in [3.8, 4) is 0 Å². The van der Waals surface area contributed by atoms with Crippen molar-refractivity contribution < 1.29 is 21.5 Å². The van der Waals surface area contributed by atoms with E-state index in [0.717, 1.165) is 19.5 Å². The third-order valence-corrected chi connectivity index (χ3v) is 11.3. The molecule has 1 aromatic carbocycles. The molecule has 0 bridgehead atoms. The maximum absolute atomic E-state index is 10.6. The van der Waals surface area contributed by atoms with Crippen LogP contribution in [0.1, 0.15) is 270 Å². The van der Waals surface area contributed by atoms with Crippen LogP contribution in [0.3, 0.4) is 0 Å². The molecule has 1 aromatic rings. The minimum absolute atomic E-state index is 0.344. The molecule has 5 heteroatoms. The van der Waals surface area contributed by atoms with E-state index in [9.17, 15) is 10.0 Å². The summed E-state index contributed by atoms with van der Waals surface area (Å²) in [5.41, 5.74) is 9.35. The van der Waals surface area contributed by atoms with Crippen molar-refractivity contribution in [1.82, 2.24) is 0 Å². The third-order valence-electron chi connectivity index (χ3n) is 11.3. The minimum atomic E-state index is -1.85. The van der Waals surface area contributed by atoms with Crippen molar-refractivity contribution in [1.29, 1.82) is 0 Å². The topological polar surface area (TPSA) is 101 Å². The Hall–Kier alpha value is -0.875. The molecule has 0 unspecified atom stereocenters. The fourth-order valence-electron chi connectivity index (χ4n) is 7.40. The van der Waals surface area contributed by atoms with Crippen molar-refractivity contribution in [2.45, 2.75) is 271 Å². The van der Waals surface area contributed by atoms with Crippen LogP contribution >= 0.6 is 0 Å². The van der Waals surface area contributed by atoms with E-state index in [4.69, 9.17) is 0 Å². The van der Waals surface area contributed by atoms with E-state index in [1.54, 1.807) is 12.1 Å². The normalized spacial score (nSPS) is 10.9. The number of rotatable bonds is 40. The lowest BCUT2D eigenvalue weighted by Crippen LogP contribution is -2.55. The Balaban J connectivity index is 0. The molecular formula is C50H101BN2O2. The molecule has 55 heavy (non-hydrogen) atoms. The van der Waals surface area contributed by atoms with Crippen LogP contribution in [0, 0.1) is 0 Å². The van der Waals surface area contributed by atoms with E-state index < -0.39 is 7.12 Å². The van der Waals surface area contributed by atoms with Crippen molar-refractivity contribution in [3.05, 3.63) is 29.8 Å². The average molecular weight is 773 g/mol. The smallest absolute Gasteiger partial charge is 0.0739 e. The molecule has 0 atom stereocenters. The zero-order valence-electron chi connectivity index (χ0n) is 38.1. The van der Waals surface area contributed by atoms with Crippen LogP contribution in [0.4, 0.5) is 0 Å². The second-order valence-corrected chi connectivity index (χ2v) is 16.9. The molecule has 0 saturated carbocycles. The summed E-state index contributed by atoms with van der Waals surface area (Å²) >= 11 is 0. The first-order valence-electron chi connectivity index (χ1n) is 25.1. The Bertz CT molecular complexity index is 725. The number of unbranched alkanes of at least 4 members (excludes halogenated alkanes) is 35. The molecule has 0 aliphatic rings. The molecular weight excluding hydrogens is 671 g/mol. The summed E-state index contributed by atoms with van der Waals surface area (Å²) in [5, 5.41) is 21.3. The second-order valence-electron chi connectivity index (χ2n) is 16.9. The predicted octanol–water partition coefficient (Wildman–Crippen LogP) is 12.0. The zero-order valence-corrected chi connectivity index (χ0v) is 38.1. The first-order chi connectivity index (χ1) is 27.1. The molecule has 0 spiro atoms. The maximum Gasteiger partial charge on any atom is 0.0739 e. The summed E-state index contributed by atoms with van der Waals surface area (Å²) in [4.78, 5) is 0. The Kier molecular flexibility index (Phi) is 52.3.